The highest BCUT2D eigenvalue weighted by molar-refractivity contribution is 6.68. The molecule has 0 spiro atoms. The van der Waals surface area contributed by atoms with Crippen LogP contribution in [-0.4, -0.2) is 84.5 Å². The zero-order valence-corrected chi connectivity index (χ0v) is 25.7. The molecule has 0 saturated heterocycles. The summed E-state index contributed by atoms with van der Waals surface area (Å²) in [7, 11) is 1.56. The van der Waals surface area contributed by atoms with Crippen molar-refractivity contribution in [3.63, 3.8) is 0 Å². The van der Waals surface area contributed by atoms with E-state index in [-0.39, 0.29) is 48.7 Å². The minimum atomic E-state index is -1.08. The van der Waals surface area contributed by atoms with Gasteiger partial charge in [0, 0.05) is 11.5 Å². The number of hydrogen-bond acceptors (Lipinski definition) is 11. The molecule has 1 aromatic carbocycles. The lowest BCUT2D eigenvalue weighted by molar-refractivity contribution is -1.05. The number of carbonyl (C=O) groups is 2. The van der Waals surface area contributed by atoms with Crippen molar-refractivity contribution in [1.29, 1.82) is 5.41 Å². The number of amides is 1. The second-order valence-corrected chi connectivity index (χ2v) is 12.2. The summed E-state index contributed by atoms with van der Waals surface area (Å²) in [5, 5.41) is 35.5. The minimum Gasteiger partial charge on any atom is -0.496 e. The van der Waals surface area contributed by atoms with Crippen molar-refractivity contribution in [2.75, 3.05) is 26.9 Å². The summed E-state index contributed by atoms with van der Waals surface area (Å²) in [6, 6.07) is 0. The Kier molecular flexibility index (Phi) is 7.43. The van der Waals surface area contributed by atoms with Crippen LogP contribution in [0.4, 0.5) is 0 Å². The molecule has 0 bridgehead atoms. The standard InChI is InChI=1S/C31H35N7O8/c1-4-44-28(41)18-12-15(7-10-37-11-9-33-30(37)38-14-34-21-26(38)35-29(32)36-27(21)40)19-22(45-18)17(13-39)23-20(24(19)43-3)16-6-5-8-31(2,42)25(16)46-23/h7,9,11-12,16,25,30,33,39,42H,4-6,8,10,13-14H2,1-3H3,(H2,32,36,40)/p+2. The molecule has 7 N–H and O–H groups in total. The maximum Gasteiger partial charge on any atom is 0.374 e. The van der Waals surface area contributed by atoms with Crippen molar-refractivity contribution in [3.8, 4) is 17.2 Å². The molecule has 0 aromatic heterocycles. The van der Waals surface area contributed by atoms with Gasteiger partial charge in [0.2, 0.25) is 17.4 Å². The normalized spacial score (nSPS) is 31.3. The summed E-state index contributed by atoms with van der Waals surface area (Å²) in [6.45, 7) is 3.87. The van der Waals surface area contributed by atoms with E-state index in [1.54, 1.807) is 27.0 Å². The molecule has 6 unspecified atom stereocenters. The van der Waals surface area contributed by atoms with Gasteiger partial charge in [-0.1, -0.05) is 0 Å². The maximum atomic E-state index is 13.0. The number of aliphatic hydroxyl groups excluding tert-OH is 1. The van der Waals surface area contributed by atoms with Crippen molar-refractivity contribution in [2.24, 2.45) is 9.98 Å². The lowest BCUT2D eigenvalue weighted by atomic mass is 9.74. The Balaban J connectivity index is 1.30. The van der Waals surface area contributed by atoms with Crippen molar-refractivity contribution < 1.29 is 48.5 Å². The van der Waals surface area contributed by atoms with E-state index in [0.29, 0.717) is 47.0 Å². The van der Waals surface area contributed by atoms with Crippen LogP contribution in [0.25, 0.3) is 5.57 Å². The Labute approximate surface area is 264 Å². The van der Waals surface area contributed by atoms with Crippen LogP contribution >= 0.6 is 0 Å². The van der Waals surface area contributed by atoms with Crippen LogP contribution in [0, 0.1) is 5.41 Å². The molecule has 15 nitrogen and oxygen atoms in total. The monoisotopic (exact) mass is 635 g/mol. The molecule has 0 radical (unpaired) electrons. The molecule has 5 aliphatic heterocycles. The third-order valence-electron chi connectivity index (χ3n) is 9.35. The van der Waals surface area contributed by atoms with Crippen molar-refractivity contribution in [3.05, 3.63) is 47.0 Å². The van der Waals surface area contributed by atoms with Crippen molar-refractivity contribution in [1.82, 2.24) is 10.6 Å². The Morgan fingerprint density at radius 3 is 2.93 bits per heavy atom. The van der Waals surface area contributed by atoms with Crippen LogP contribution in [0.5, 0.6) is 17.2 Å². The molecule has 6 atom stereocenters. The van der Waals surface area contributed by atoms with Gasteiger partial charge in [-0.3, -0.25) is 20.8 Å². The molecule has 6 aliphatic rings. The van der Waals surface area contributed by atoms with E-state index < -0.39 is 30.2 Å². The zero-order chi connectivity index (χ0) is 32.3. The number of allylic oxidation sites excluding steroid dienone is 2. The van der Waals surface area contributed by atoms with E-state index >= 15 is 0 Å². The number of methoxy groups -OCH3 is 1. The summed E-state index contributed by atoms with van der Waals surface area (Å²) in [6.07, 6.45) is 8.65. The third-order valence-corrected chi connectivity index (χ3v) is 9.35. The first-order chi connectivity index (χ1) is 22.2. The van der Waals surface area contributed by atoms with Gasteiger partial charge >= 0.3 is 12.3 Å². The number of benzene rings is 1. The molecule has 242 valence electrons. The summed E-state index contributed by atoms with van der Waals surface area (Å²) in [5.41, 5.74) is 1.47. The van der Waals surface area contributed by atoms with Gasteiger partial charge < -0.3 is 29.2 Å². The zero-order valence-electron chi connectivity index (χ0n) is 25.7. The minimum absolute atomic E-state index is 0.0503. The number of nitrogens with zero attached hydrogens (tertiary/aromatic N) is 2. The fourth-order valence-corrected chi connectivity index (χ4v) is 7.31. The molecule has 46 heavy (non-hydrogen) atoms. The number of ether oxygens (including phenoxy) is 4. The van der Waals surface area contributed by atoms with Gasteiger partial charge in [-0.2, -0.15) is 9.89 Å². The molecule has 1 saturated carbocycles. The maximum absolute atomic E-state index is 13.0. The highest BCUT2D eigenvalue weighted by atomic mass is 16.6. The number of rotatable bonds is 7. The van der Waals surface area contributed by atoms with E-state index in [1.807, 2.05) is 18.5 Å². The average Bonchev–Trinajstić information content (AvgIpc) is 3.76. The molecule has 1 aliphatic carbocycles. The molecular formula is C31H37N7O8+2. The number of hydrogen-bond donors (Lipinski definition) is 7. The number of guanidine groups is 1. The SMILES string of the molecule is CCOC(=O)C1=CC(=CC[NH+]2C=CNC2[NH+]2CN=C3C(=O)NC(=N)N=C32)c2c(c(CO)c3c(c2OC)C2CCCC(C)(O)C2O3)O1. The summed E-state index contributed by atoms with van der Waals surface area (Å²) < 4.78 is 23.9. The lowest BCUT2D eigenvalue weighted by Crippen LogP contribution is -3.36. The summed E-state index contributed by atoms with van der Waals surface area (Å²) in [5.74, 6) is 0.0103. The van der Waals surface area contributed by atoms with Gasteiger partial charge in [0.25, 0.3) is 11.7 Å². The highest BCUT2D eigenvalue weighted by Gasteiger charge is 2.52. The second-order valence-electron chi connectivity index (χ2n) is 12.2. The topological polar surface area (TPSA) is 193 Å². The smallest absolute Gasteiger partial charge is 0.374 e. The summed E-state index contributed by atoms with van der Waals surface area (Å²) in [4.78, 5) is 35.8. The Morgan fingerprint density at radius 1 is 1.35 bits per heavy atom. The number of aliphatic imine (C=N–C) groups is 2. The van der Waals surface area contributed by atoms with Crippen LogP contribution in [0.15, 0.2) is 40.3 Å². The van der Waals surface area contributed by atoms with Gasteiger partial charge in [-0.15, -0.1) is 0 Å². The van der Waals surface area contributed by atoms with E-state index in [9.17, 15) is 19.8 Å². The van der Waals surface area contributed by atoms with E-state index in [4.69, 9.17) is 24.4 Å². The van der Waals surface area contributed by atoms with Gasteiger partial charge in [-0.05, 0) is 50.8 Å². The van der Waals surface area contributed by atoms with Crippen molar-refractivity contribution in [2.45, 2.75) is 63.6 Å². The van der Waals surface area contributed by atoms with Crippen LogP contribution in [0.3, 0.4) is 0 Å². The first kappa shape index (κ1) is 30.1. The predicted molar refractivity (Wildman–Crippen MR) is 162 cm³/mol. The van der Waals surface area contributed by atoms with Crippen molar-refractivity contribution >= 4 is 35.0 Å². The van der Waals surface area contributed by atoms with Gasteiger partial charge in [-0.25, -0.2) is 14.7 Å². The largest absolute Gasteiger partial charge is 0.496 e. The molecule has 5 heterocycles. The van der Waals surface area contributed by atoms with Gasteiger partial charge in [0.05, 0.1) is 43.3 Å². The number of carbonyl (C=O) groups excluding carboxylic acids is 2. The molecule has 1 fully saturated rings. The number of nitrogens with one attached hydrogen (secondary N) is 5. The first-order valence-electron chi connectivity index (χ1n) is 15.4. The van der Waals surface area contributed by atoms with Crippen LogP contribution in [-0.2, 0) is 20.9 Å². The molecule has 7 rings (SSSR count). The van der Waals surface area contributed by atoms with Gasteiger partial charge in [0.15, 0.2) is 6.67 Å². The fourth-order valence-electron chi connectivity index (χ4n) is 7.31. The Hall–Kier alpha value is -4.57. The molecular weight excluding hydrogens is 598 g/mol. The van der Waals surface area contributed by atoms with Crippen LogP contribution in [0.2, 0.25) is 0 Å². The van der Waals surface area contributed by atoms with Crippen LogP contribution < -0.4 is 34.6 Å². The molecule has 1 amide bonds. The predicted octanol–water partition coefficient (Wildman–Crippen LogP) is -1.81. The lowest BCUT2D eigenvalue weighted by Gasteiger charge is -2.37. The third kappa shape index (κ3) is 4.69. The molecule has 1 aromatic rings. The van der Waals surface area contributed by atoms with E-state index in [0.717, 1.165) is 28.2 Å². The Bertz CT molecular complexity index is 1690. The number of quaternary nitrogens is 2. The highest BCUT2D eigenvalue weighted by Crippen LogP contribution is 2.59. The van der Waals surface area contributed by atoms with Gasteiger partial charge in [0.1, 0.15) is 36.1 Å². The second kappa shape index (κ2) is 11.3. The first-order valence-corrected chi connectivity index (χ1v) is 15.4. The average molecular weight is 636 g/mol. The fraction of sp³-hybridized carbons (Fsp3) is 0.452. The quantitative estimate of drug-likeness (QED) is 0.169. The van der Waals surface area contributed by atoms with Crippen LogP contribution in [0.1, 0.15) is 55.7 Å². The number of amidine groups is 1. The number of esters is 1. The summed E-state index contributed by atoms with van der Waals surface area (Å²) >= 11 is 0. The molecule has 15 heteroatoms. The van der Waals surface area contributed by atoms with E-state index in [2.05, 4.69) is 20.6 Å². The Morgan fingerprint density at radius 2 is 2.17 bits per heavy atom. The van der Waals surface area contributed by atoms with E-state index in [1.165, 1.54) is 0 Å². The number of aliphatic hydroxyl groups is 2. The number of fused-ring (bicyclic) bond motifs is 5.